The fourth-order valence-corrected chi connectivity index (χ4v) is 3.82. The van der Waals surface area contributed by atoms with Crippen LogP contribution >= 0.6 is 0 Å². The average Bonchev–Trinajstić information content (AvgIpc) is 3.41. The molecule has 7 heteroatoms. The Kier molecular flexibility index (Phi) is 4.92. The van der Waals surface area contributed by atoms with Crippen molar-refractivity contribution in [3.05, 3.63) is 84.8 Å². The Morgan fingerprint density at radius 1 is 1.00 bits per heavy atom. The molecule has 0 saturated carbocycles. The number of imidazole rings is 1. The summed E-state index contributed by atoms with van der Waals surface area (Å²) in [5.74, 6) is 0.248. The number of aromatic nitrogens is 3. The SMILES string of the molecule is O=C(OC[C@@H]1CC(=O)N(c2ccccc2)C1)c1ccc(-n2cnc3ccccc32)nc1. The number of amides is 1. The van der Waals surface area contributed by atoms with Crippen LogP contribution < -0.4 is 4.90 Å². The van der Waals surface area contributed by atoms with E-state index in [0.29, 0.717) is 24.3 Å². The van der Waals surface area contributed by atoms with Crippen LogP contribution in [0.15, 0.2) is 79.3 Å². The quantitative estimate of drug-likeness (QED) is 0.468. The summed E-state index contributed by atoms with van der Waals surface area (Å²) in [6, 6.07) is 20.8. The molecule has 1 fully saturated rings. The molecular weight excluding hydrogens is 392 g/mol. The minimum absolute atomic E-state index is 0.0267. The van der Waals surface area contributed by atoms with Gasteiger partial charge in [-0.1, -0.05) is 30.3 Å². The van der Waals surface area contributed by atoms with Gasteiger partial charge in [0.05, 0.1) is 23.2 Å². The van der Waals surface area contributed by atoms with Gasteiger partial charge in [-0.25, -0.2) is 14.8 Å². The fourth-order valence-electron chi connectivity index (χ4n) is 3.82. The van der Waals surface area contributed by atoms with Gasteiger partial charge in [0.2, 0.25) is 5.91 Å². The van der Waals surface area contributed by atoms with Gasteiger partial charge in [-0.05, 0) is 36.4 Å². The highest BCUT2D eigenvalue weighted by Crippen LogP contribution is 2.25. The van der Waals surface area contributed by atoms with Crippen LogP contribution in [0.25, 0.3) is 16.9 Å². The summed E-state index contributed by atoms with van der Waals surface area (Å²) in [5.41, 5.74) is 3.06. The second-order valence-corrected chi connectivity index (χ2v) is 7.52. The zero-order chi connectivity index (χ0) is 21.2. The lowest BCUT2D eigenvalue weighted by Crippen LogP contribution is -2.25. The van der Waals surface area contributed by atoms with Gasteiger partial charge in [0.1, 0.15) is 12.1 Å². The van der Waals surface area contributed by atoms with Crippen molar-refractivity contribution in [1.82, 2.24) is 14.5 Å². The van der Waals surface area contributed by atoms with Gasteiger partial charge in [-0.15, -0.1) is 0 Å². The first-order valence-corrected chi connectivity index (χ1v) is 10.1. The Hall–Kier alpha value is -4.00. The van der Waals surface area contributed by atoms with E-state index in [1.165, 1.54) is 6.20 Å². The van der Waals surface area contributed by atoms with Gasteiger partial charge in [-0.3, -0.25) is 9.36 Å². The summed E-state index contributed by atoms with van der Waals surface area (Å²) in [4.78, 5) is 35.3. The molecule has 1 amide bonds. The molecule has 1 aliphatic rings. The topological polar surface area (TPSA) is 77.3 Å². The van der Waals surface area contributed by atoms with Crippen molar-refractivity contribution in [2.24, 2.45) is 5.92 Å². The van der Waals surface area contributed by atoms with Crippen molar-refractivity contribution < 1.29 is 14.3 Å². The first-order chi connectivity index (χ1) is 15.2. The van der Waals surface area contributed by atoms with Crippen LogP contribution in [0.4, 0.5) is 5.69 Å². The maximum Gasteiger partial charge on any atom is 0.339 e. The maximum absolute atomic E-state index is 12.5. The lowest BCUT2D eigenvalue weighted by Gasteiger charge is -2.16. The van der Waals surface area contributed by atoms with Gasteiger partial charge in [0, 0.05) is 30.8 Å². The number of anilines is 1. The van der Waals surface area contributed by atoms with Crippen molar-refractivity contribution in [3.63, 3.8) is 0 Å². The van der Waals surface area contributed by atoms with Crippen molar-refractivity contribution in [3.8, 4) is 5.82 Å². The van der Waals surface area contributed by atoms with E-state index in [-0.39, 0.29) is 18.4 Å². The van der Waals surface area contributed by atoms with E-state index in [2.05, 4.69) is 9.97 Å². The van der Waals surface area contributed by atoms with Gasteiger partial charge < -0.3 is 9.64 Å². The summed E-state index contributed by atoms with van der Waals surface area (Å²) in [5, 5.41) is 0. The third kappa shape index (κ3) is 3.77. The monoisotopic (exact) mass is 412 g/mol. The summed E-state index contributed by atoms with van der Waals surface area (Å²) >= 11 is 0. The summed E-state index contributed by atoms with van der Waals surface area (Å²) in [6.45, 7) is 0.739. The molecule has 1 saturated heterocycles. The Labute approximate surface area is 178 Å². The molecule has 154 valence electrons. The molecule has 5 rings (SSSR count). The largest absolute Gasteiger partial charge is 0.462 e. The average molecular weight is 412 g/mol. The van der Waals surface area contributed by atoms with E-state index >= 15 is 0 Å². The van der Waals surface area contributed by atoms with Gasteiger partial charge in [0.25, 0.3) is 0 Å². The summed E-state index contributed by atoms with van der Waals surface area (Å²) in [6.07, 6.45) is 3.58. The lowest BCUT2D eigenvalue weighted by molar-refractivity contribution is -0.117. The van der Waals surface area contributed by atoms with Gasteiger partial charge in [-0.2, -0.15) is 0 Å². The molecule has 4 aromatic rings. The van der Waals surface area contributed by atoms with Crippen LogP contribution in [0.2, 0.25) is 0 Å². The molecule has 3 heterocycles. The second kappa shape index (κ2) is 8.02. The molecular formula is C24H20N4O3. The summed E-state index contributed by atoms with van der Waals surface area (Å²) < 4.78 is 7.34. The number of nitrogens with zero attached hydrogens (tertiary/aromatic N) is 4. The minimum atomic E-state index is -0.444. The predicted molar refractivity (Wildman–Crippen MR) is 116 cm³/mol. The number of benzene rings is 2. The Morgan fingerprint density at radius 3 is 2.61 bits per heavy atom. The van der Waals surface area contributed by atoms with Crippen LogP contribution in [0.5, 0.6) is 0 Å². The van der Waals surface area contributed by atoms with Crippen molar-refractivity contribution in [1.29, 1.82) is 0 Å². The zero-order valence-corrected chi connectivity index (χ0v) is 16.7. The predicted octanol–water partition coefficient (Wildman–Crippen LogP) is 3.63. The number of carbonyl (C=O) groups excluding carboxylic acids is 2. The standard InChI is InChI=1S/C24H20N4O3/c29-23-12-17(14-27(23)19-6-2-1-3-7-19)15-31-24(30)18-10-11-22(25-13-18)28-16-26-20-8-4-5-9-21(20)28/h1-11,13,16-17H,12,14-15H2/t17-/m1/s1. The Balaban J connectivity index is 1.22. The summed E-state index contributed by atoms with van der Waals surface area (Å²) in [7, 11) is 0. The number of rotatable bonds is 5. The highest BCUT2D eigenvalue weighted by molar-refractivity contribution is 5.95. The van der Waals surface area contributed by atoms with E-state index in [1.807, 2.05) is 59.2 Å². The van der Waals surface area contributed by atoms with Gasteiger partial charge >= 0.3 is 5.97 Å². The van der Waals surface area contributed by atoms with Crippen molar-refractivity contribution >= 4 is 28.6 Å². The Morgan fingerprint density at radius 2 is 1.81 bits per heavy atom. The van der Waals surface area contributed by atoms with Crippen LogP contribution in [0.1, 0.15) is 16.8 Å². The van der Waals surface area contributed by atoms with Crippen molar-refractivity contribution in [2.75, 3.05) is 18.1 Å². The number of esters is 1. The molecule has 1 atom stereocenters. The Bertz CT molecular complexity index is 1230. The van der Waals surface area contributed by atoms with Crippen LogP contribution in [-0.4, -0.2) is 39.6 Å². The van der Waals surface area contributed by atoms with E-state index in [0.717, 1.165) is 16.7 Å². The number of hydrogen-bond donors (Lipinski definition) is 0. The highest BCUT2D eigenvalue weighted by Gasteiger charge is 2.31. The number of pyridine rings is 1. The van der Waals surface area contributed by atoms with Crippen LogP contribution in [-0.2, 0) is 9.53 Å². The highest BCUT2D eigenvalue weighted by atomic mass is 16.5. The number of carbonyl (C=O) groups is 2. The molecule has 0 spiro atoms. The molecule has 0 N–H and O–H groups in total. The van der Waals surface area contributed by atoms with E-state index in [1.54, 1.807) is 23.4 Å². The molecule has 1 aliphatic heterocycles. The molecule has 2 aromatic heterocycles. The number of ether oxygens (including phenoxy) is 1. The van der Waals surface area contributed by atoms with E-state index in [9.17, 15) is 9.59 Å². The number of fused-ring (bicyclic) bond motifs is 1. The van der Waals surface area contributed by atoms with Crippen LogP contribution in [0.3, 0.4) is 0 Å². The van der Waals surface area contributed by atoms with Crippen LogP contribution in [0, 0.1) is 5.92 Å². The molecule has 7 nitrogen and oxygen atoms in total. The van der Waals surface area contributed by atoms with Gasteiger partial charge in [0.15, 0.2) is 0 Å². The van der Waals surface area contributed by atoms with E-state index < -0.39 is 5.97 Å². The number of para-hydroxylation sites is 3. The lowest BCUT2D eigenvalue weighted by atomic mass is 10.1. The second-order valence-electron chi connectivity index (χ2n) is 7.52. The first kappa shape index (κ1) is 19.0. The molecule has 2 aromatic carbocycles. The maximum atomic E-state index is 12.5. The molecule has 0 radical (unpaired) electrons. The normalized spacial score (nSPS) is 16.1. The van der Waals surface area contributed by atoms with Crippen molar-refractivity contribution in [2.45, 2.75) is 6.42 Å². The molecule has 31 heavy (non-hydrogen) atoms. The smallest absolute Gasteiger partial charge is 0.339 e. The zero-order valence-electron chi connectivity index (χ0n) is 16.7. The molecule has 0 aliphatic carbocycles. The number of hydrogen-bond acceptors (Lipinski definition) is 5. The van der Waals surface area contributed by atoms with E-state index in [4.69, 9.17) is 4.74 Å². The fraction of sp³-hybridized carbons (Fsp3) is 0.167. The minimum Gasteiger partial charge on any atom is -0.462 e. The third-order valence-corrected chi connectivity index (χ3v) is 5.41. The molecule has 0 unspecified atom stereocenters. The first-order valence-electron chi connectivity index (χ1n) is 10.1. The third-order valence-electron chi connectivity index (χ3n) is 5.41. The molecule has 0 bridgehead atoms.